The van der Waals surface area contributed by atoms with E-state index in [1.807, 2.05) is 6.07 Å². The third-order valence-corrected chi connectivity index (χ3v) is 4.24. The van der Waals surface area contributed by atoms with E-state index in [2.05, 4.69) is 20.8 Å². The van der Waals surface area contributed by atoms with Crippen LogP contribution in [0.15, 0.2) is 24.3 Å². The smallest absolute Gasteiger partial charge is 0.172 e. The van der Waals surface area contributed by atoms with Crippen molar-refractivity contribution >= 4 is 27.2 Å². The van der Waals surface area contributed by atoms with E-state index in [9.17, 15) is 9.18 Å². The molecule has 0 bridgehead atoms. The number of hydrogen-bond acceptors (Lipinski definition) is 2. The first kappa shape index (κ1) is 14.2. The van der Waals surface area contributed by atoms with Crippen molar-refractivity contribution in [3.8, 4) is 0 Å². The summed E-state index contributed by atoms with van der Waals surface area (Å²) in [6.07, 6.45) is 2.52. The molecular weight excluding hydrogens is 259 g/mol. The summed E-state index contributed by atoms with van der Waals surface area (Å²) in [7, 11) is 0. The van der Waals surface area contributed by atoms with Gasteiger partial charge in [0.25, 0.3) is 0 Å². The molecule has 0 N–H and O–H groups in total. The lowest BCUT2D eigenvalue weighted by molar-refractivity contribution is 0.0980. The third kappa shape index (κ3) is 3.87. The summed E-state index contributed by atoms with van der Waals surface area (Å²) in [6.45, 7) is 6.54. The fraction of sp³-hybridized carbons (Fsp3) is 0.438. The van der Waals surface area contributed by atoms with Gasteiger partial charge in [0.1, 0.15) is 5.82 Å². The van der Waals surface area contributed by atoms with E-state index < -0.39 is 0 Å². The highest BCUT2D eigenvalue weighted by Crippen LogP contribution is 2.28. The molecular formula is C16H19FOS. The highest BCUT2D eigenvalue weighted by atomic mass is 32.1. The number of Topliss-reactive ketones (excluding diaryl/α,β-unsaturated/α-hetero) is 1. The van der Waals surface area contributed by atoms with Crippen molar-refractivity contribution in [2.24, 2.45) is 5.41 Å². The van der Waals surface area contributed by atoms with Crippen molar-refractivity contribution in [1.82, 2.24) is 0 Å². The van der Waals surface area contributed by atoms with E-state index in [0.717, 1.165) is 27.8 Å². The second-order valence-electron chi connectivity index (χ2n) is 6.13. The van der Waals surface area contributed by atoms with Crippen molar-refractivity contribution < 1.29 is 9.18 Å². The Balaban J connectivity index is 2.05. The van der Waals surface area contributed by atoms with Gasteiger partial charge in [-0.05, 0) is 47.9 Å². The molecule has 19 heavy (non-hydrogen) atoms. The minimum Gasteiger partial charge on any atom is -0.293 e. The zero-order valence-electron chi connectivity index (χ0n) is 11.6. The van der Waals surface area contributed by atoms with Crippen molar-refractivity contribution in [2.45, 2.75) is 40.0 Å². The Bertz CT molecular complexity index is 592. The highest BCUT2D eigenvalue weighted by molar-refractivity contribution is 7.20. The van der Waals surface area contributed by atoms with Crippen molar-refractivity contribution in [2.75, 3.05) is 0 Å². The molecule has 1 heterocycles. The average molecular weight is 278 g/mol. The van der Waals surface area contributed by atoms with Gasteiger partial charge in [0, 0.05) is 11.1 Å². The molecule has 0 atom stereocenters. The van der Waals surface area contributed by atoms with Crippen LogP contribution in [0.25, 0.3) is 10.1 Å². The van der Waals surface area contributed by atoms with Crippen LogP contribution in [0.5, 0.6) is 0 Å². The van der Waals surface area contributed by atoms with Gasteiger partial charge in [-0.3, -0.25) is 4.79 Å². The Labute approximate surface area is 117 Å². The third-order valence-electron chi connectivity index (χ3n) is 3.08. The Morgan fingerprint density at radius 1 is 1.26 bits per heavy atom. The summed E-state index contributed by atoms with van der Waals surface area (Å²) in [5, 5.41) is 0.823. The molecule has 102 valence electrons. The summed E-state index contributed by atoms with van der Waals surface area (Å²) >= 11 is 1.46. The van der Waals surface area contributed by atoms with E-state index in [-0.39, 0.29) is 17.0 Å². The van der Waals surface area contributed by atoms with E-state index in [0.29, 0.717) is 6.42 Å². The molecule has 1 nitrogen and oxygen atoms in total. The van der Waals surface area contributed by atoms with Crippen LogP contribution in [0.2, 0.25) is 0 Å². The summed E-state index contributed by atoms with van der Waals surface area (Å²) in [6, 6.07) is 6.47. The second kappa shape index (κ2) is 5.41. The van der Waals surface area contributed by atoms with Crippen LogP contribution in [-0.2, 0) is 0 Å². The minimum atomic E-state index is -0.253. The molecule has 0 fully saturated rings. The lowest BCUT2D eigenvalue weighted by Gasteiger charge is -2.16. The summed E-state index contributed by atoms with van der Waals surface area (Å²) in [5.74, 6) is -0.0807. The molecule has 0 saturated heterocycles. The first-order chi connectivity index (χ1) is 8.85. The molecule has 0 aliphatic heterocycles. The number of ketones is 1. The van der Waals surface area contributed by atoms with Crippen LogP contribution in [0.3, 0.4) is 0 Å². The predicted octanol–water partition coefficient (Wildman–Crippen LogP) is 5.44. The fourth-order valence-corrected chi connectivity index (χ4v) is 3.06. The molecule has 0 aliphatic rings. The second-order valence-corrected chi connectivity index (χ2v) is 7.21. The molecule has 0 spiro atoms. The molecule has 3 heteroatoms. The van der Waals surface area contributed by atoms with Crippen molar-refractivity contribution in [3.05, 3.63) is 35.0 Å². The van der Waals surface area contributed by atoms with Gasteiger partial charge in [-0.15, -0.1) is 11.3 Å². The first-order valence-electron chi connectivity index (χ1n) is 6.57. The van der Waals surface area contributed by atoms with Gasteiger partial charge < -0.3 is 0 Å². The Morgan fingerprint density at radius 3 is 2.68 bits per heavy atom. The monoisotopic (exact) mass is 278 g/mol. The fourth-order valence-electron chi connectivity index (χ4n) is 2.05. The molecule has 1 aromatic carbocycles. The molecule has 0 aliphatic carbocycles. The van der Waals surface area contributed by atoms with Crippen LogP contribution in [0, 0.1) is 11.2 Å². The first-order valence-corrected chi connectivity index (χ1v) is 7.39. The SMILES string of the molecule is CC(C)(C)CCCC(=O)c1cc2cc(F)ccc2s1. The average Bonchev–Trinajstić information content (AvgIpc) is 2.70. The minimum absolute atomic E-state index is 0.172. The van der Waals surface area contributed by atoms with Gasteiger partial charge in [-0.25, -0.2) is 4.39 Å². The van der Waals surface area contributed by atoms with Crippen LogP contribution >= 0.6 is 11.3 Å². The van der Waals surface area contributed by atoms with E-state index in [1.54, 1.807) is 6.07 Å². The number of benzene rings is 1. The van der Waals surface area contributed by atoms with Crippen molar-refractivity contribution in [3.63, 3.8) is 0 Å². The molecule has 0 amide bonds. The topological polar surface area (TPSA) is 17.1 Å². The number of hydrogen-bond donors (Lipinski definition) is 0. The van der Waals surface area contributed by atoms with Gasteiger partial charge in [0.2, 0.25) is 0 Å². The standard InChI is InChI=1S/C16H19FOS/c1-16(2,3)8-4-5-13(18)15-10-11-9-12(17)6-7-14(11)19-15/h6-7,9-10H,4-5,8H2,1-3H3. The summed E-state index contributed by atoms with van der Waals surface area (Å²) in [4.78, 5) is 12.8. The van der Waals surface area contributed by atoms with Gasteiger partial charge in [-0.2, -0.15) is 0 Å². The lowest BCUT2D eigenvalue weighted by atomic mass is 9.89. The predicted molar refractivity (Wildman–Crippen MR) is 79.4 cm³/mol. The molecule has 2 rings (SSSR count). The molecule has 0 unspecified atom stereocenters. The van der Waals surface area contributed by atoms with Gasteiger partial charge >= 0.3 is 0 Å². The van der Waals surface area contributed by atoms with E-state index in [1.165, 1.54) is 23.5 Å². The zero-order valence-corrected chi connectivity index (χ0v) is 12.4. The van der Waals surface area contributed by atoms with Crippen LogP contribution in [-0.4, -0.2) is 5.78 Å². The van der Waals surface area contributed by atoms with E-state index >= 15 is 0 Å². The Morgan fingerprint density at radius 2 is 2.00 bits per heavy atom. The number of carbonyl (C=O) groups excluding carboxylic acids is 1. The number of halogens is 1. The Hall–Kier alpha value is -1.22. The zero-order chi connectivity index (χ0) is 14.0. The molecule has 0 radical (unpaired) electrons. The van der Waals surface area contributed by atoms with Crippen LogP contribution < -0.4 is 0 Å². The van der Waals surface area contributed by atoms with E-state index in [4.69, 9.17) is 0 Å². The maximum atomic E-state index is 13.1. The molecule has 1 aromatic heterocycles. The van der Waals surface area contributed by atoms with Crippen LogP contribution in [0.1, 0.15) is 49.7 Å². The van der Waals surface area contributed by atoms with Gasteiger partial charge in [0.15, 0.2) is 5.78 Å². The molecule has 0 saturated carbocycles. The maximum Gasteiger partial charge on any atom is 0.172 e. The Kier molecular flexibility index (Phi) is 4.04. The highest BCUT2D eigenvalue weighted by Gasteiger charge is 2.14. The summed E-state index contributed by atoms with van der Waals surface area (Å²) < 4.78 is 14.1. The van der Waals surface area contributed by atoms with Gasteiger partial charge in [-0.1, -0.05) is 20.8 Å². The quantitative estimate of drug-likeness (QED) is 0.681. The van der Waals surface area contributed by atoms with Crippen LogP contribution in [0.4, 0.5) is 4.39 Å². The number of fused-ring (bicyclic) bond motifs is 1. The number of carbonyl (C=O) groups is 1. The number of rotatable bonds is 4. The van der Waals surface area contributed by atoms with Crippen molar-refractivity contribution in [1.29, 1.82) is 0 Å². The largest absolute Gasteiger partial charge is 0.293 e. The normalized spacial score (nSPS) is 12.0. The molecule has 2 aromatic rings. The maximum absolute atomic E-state index is 13.1. The van der Waals surface area contributed by atoms with Gasteiger partial charge in [0.05, 0.1) is 4.88 Å². The summed E-state index contributed by atoms with van der Waals surface area (Å²) in [5.41, 5.74) is 0.267. The number of thiophene rings is 1. The lowest BCUT2D eigenvalue weighted by Crippen LogP contribution is -2.06.